The van der Waals surface area contributed by atoms with E-state index in [2.05, 4.69) is 15.6 Å². The Hall–Kier alpha value is -2.41. The number of ketones is 1. The van der Waals surface area contributed by atoms with Gasteiger partial charge in [-0.1, -0.05) is 11.3 Å². The zero-order valence-electron chi connectivity index (χ0n) is 11.8. The average Bonchev–Trinajstić information content (AvgIpc) is 2.81. The van der Waals surface area contributed by atoms with Crippen molar-refractivity contribution in [2.24, 2.45) is 0 Å². The number of carbonyl (C=O) groups excluding carboxylic acids is 2. The molecule has 0 fully saturated rings. The predicted octanol–water partition coefficient (Wildman–Crippen LogP) is 2.61. The highest BCUT2D eigenvalue weighted by atomic mass is 32.1. The number of nitrogen functional groups attached to an aromatic ring is 1. The number of nitrogens with zero attached hydrogens (tertiary/aromatic N) is 1. The van der Waals surface area contributed by atoms with Gasteiger partial charge in [-0.2, -0.15) is 0 Å². The van der Waals surface area contributed by atoms with Crippen LogP contribution in [0.3, 0.4) is 0 Å². The Morgan fingerprint density at radius 2 is 1.95 bits per heavy atom. The molecule has 4 N–H and O–H groups in total. The lowest BCUT2D eigenvalue weighted by Gasteiger charge is -2.04. The number of rotatable bonds is 5. The third-order valence-corrected chi connectivity index (χ3v) is 3.76. The molecular formula is C14H16N4O2S. The zero-order valence-corrected chi connectivity index (χ0v) is 12.6. The number of amides is 1. The topological polar surface area (TPSA) is 97.1 Å². The zero-order chi connectivity index (χ0) is 15.4. The van der Waals surface area contributed by atoms with Crippen molar-refractivity contribution in [2.45, 2.75) is 13.8 Å². The van der Waals surface area contributed by atoms with Crippen molar-refractivity contribution < 1.29 is 9.59 Å². The number of hydrogen-bond acceptors (Lipinski definition) is 6. The Bertz CT molecular complexity index is 664. The molecule has 1 heterocycles. The number of carbonyl (C=O) groups is 2. The summed E-state index contributed by atoms with van der Waals surface area (Å²) >= 11 is 1.21. The van der Waals surface area contributed by atoms with E-state index in [-0.39, 0.29) is 17.5 Å². The summed E-state index contributed by atoms with van der Waals surface area (Å²) in [5, 5.41) is 6.37. The van der Waals surface area contributed by atoms with Gasteiger partial charge < -0.3 is 16.4 Å². The van der Waals surface area contributed by atoms with E-state index in [0.29, 0.717) is 27.8 Å². The average molecular weight is 304 g/mol. The smallest absolute Gasteiger partial charge is 0.269 e. The van der Waals surface area contributed by atoms with Gasteiger partial charge >= 0.3 is 0 Å². The Balaban J connectivity index is 2.12. The Kier molecular flexibility index (Phi) is 4.54. The highest BCUT2D eigenvalue weighted by Gasteiger charge is 2.16. The fourth-order valence-corrected chi connectivity index (χ4v) is 2.55. The number of thiazole rings is 1. The molecule has 2 rings (SSSR count). The Morgan fingerprint density at radius 1 is 1.29 bits per heavy atom. The van der Waals surface area contributed by atoms with E-state index >= 15 is 0 Å². The van der Waals surface area contributed by atoms with Crippen molar-refractivity contribution in [3.63, 3.8) is 0 Å². The molecule has 0 radical (unpaired) electrons. The van der Waals surface area contributed by atoms with Crippen LogP contribution in [-0.4, -0.2) is 23.2 Å². The molecule has 1 amide bonds. The molecule has 0 bridgehead atoms. The van der Waals surface area contributed by atoms with Gasteiger partial charge in [0, 0.05) is 17.8 Å². The fraction of sp³-hybridized carbons (Fsp3) is 0.214. The van der Waals surface area contributed by atoms with Crippen molar-refractivity contribution in [1.29, 1.82) is 0 Å². The number of aromatic nitrogens is 1. The first-order valence-corrected chi connectivity index (χ1v) is 7.25. The molecule has 0 saturated carbocycles. The van der Waals surface area contributed by atoms with Crippen molar-refractivity contribution >= 4 is 39.7 Å². The molecule has 6 nitrogen and oxygen atoms in total. The van der Waals surface area contributed by atoms with Gasteiger partial charge in [-0.15, -0.1) is 0 Å². The number of nitrogens with one attached hydrogen (secondary N) is 2. The van der Waals surface area contributed by atoms with Crippen LogP contribution in [0.1, 0.15) is 33.9 Å². The maximum Gasteiger partial charge on any atom is 0.269 e. The summed E-state index contributed by atoms with van der Waals surface area (Å²) in [6.45, 7) is 4.14. The molecule has 0 aliphatic rings. The number of hydrogen-bond donors (Lipinski definition) is 3. The van der Waals surface area contributed by atoms with Gasteiger partial charge in [-0.3, -0.25) is 9.59 Å². The summed E-state index contributed by atoms with van der Waals surface area (Å²) in [5.41, 5.74) is 6.94. The van der Waals surface area contributed by atoms with Crippen LogP contribution in [0.4, 0.5) is 16.6 Å². The molecule has 1 aromatic carbocycles. The van der Waals surface area contributed by atoms with Crippen LogP contribution in [0, 0.1) is 0 Å². The molecular weight excluding hydrogens is 288 g/mol. The van der Waals surface area contributed by atoms with Gasteiger partial charge in [0.25, 0.3) is 5.91 Å². The van der Waals surface area contributed by atoms with Crippen LogP contribution in [0.5, 0.6) is 0 Å². The van der Waals surface area contributed by atoms with Gasteiger partial charge in [0.2, 0.25) is 0 Å². The SMILES string of the molecule is CCNc1nc(N)c(C(=O)Nc2ccc(C(C)=O)cc2)s1. The number of Topliss-reactive ketones (excluding diaryl/α,β-unsaturated/α-hetero) is 1. The number of nitrogens with two attached hydrogens (primary N) is 1. The van der Waals surface area contributed by atoms with Crippen molar-refractivity contribution in [3.8, 4) is 0 Å². The van der Waals surface area contributed by atoms with Gasteiger partial charge in [0.05, 0.1) is 0 Å². The molecule has 0 unspecified atom stereocenters. The molecule has 21 heavy (non-hydrogen) atoms. The number of benzene rings is 1. The summed E-state index contributed by atoms with van der Waals surface area (Å²) in [6.07, 6.45) is 0. The highest BCUT2D eigenvalue weighted by molar-refractivity contribution is 7.18. The molecule has 0 spiro atoms. The lowest BCUT2D eigenvalue weighted by molar-refractivity contribution is 0.101. The van der Waals surface area contributed by atoms with E-state index in [0.717, 1.165) is 0 Å². The maximum absolute atomic E-state index is 12.2. The standard InChI is InChI=1S/C14H16N4O2S/c1-3-16-14-18-12(15)11(21-14)13(20)17-10-6-4-9(5-7-10)8(2)19/h4-7H,3,15H2,1-2H3,(H,16,18)(H,17,20). The first-order chi connectivity index (χ1) is 10.0. The van der Waals surface area contributed by atoms with E-state index in [9.17, 15) is 9.59 Å². The predicted molar refractivity (Wildman–Crippen MR) is 85.1 cm³/mol. The van der Waals surface area contributed by atoms with Crippen LogP contribution in [-0.2, 0) is 0 Å². The fourth-order valence-electron chi connectivity index (χ4n) is 1.70. The minimum absolute atomic E-state index is 0.0186. The van der Waals surface area contributed by atoms with Crippen LogP contribution in [0.15, 0.2) is 24.3 Å². The Labute approximate surface area is 126 Å². The van der Waals surface area contributed by atoms with Crippen LogP contribution >= 0.6 is 11.3 Å². The summed E-state index contributed by atoms with van der Waals surface area (Å²) in [4.78, 5) is 27.8. The second-order valence-electron chi connectivity index (χ2n) is 4.35. The monoisotopic (exact) mass is 304 g/mol. The van der Waals surface area contributed by atoms with E-state index < -0.39 is 0 Å². The third kappa shape index (κ3) is 3.57. The second kappa shape index (κ2) is 6.36. The largest absolute Gasteiger partial charge is 0.382 e. The molecule has 0 aliphatic carbocycles. The Morgan fingerprint density at radius 3 is 2.52 bits per heavy atom. The highest BCUT2D eigenvalue weighted by Crippen LogP contribution is 2.25. The van der Waals surface area contributed by atoms with Gasteiger partial charge in [0.1, 0.15) is 10.7 Å². The van der Waals surface area contributed by atoms with Crippen molar-refractivity contribution in [2.75, 3.05) is 22.9 Å². The summed E-state index contributed by atoms with van der Waals surface area (Å²) < 4.78 is 0. The van der Waals surface area contributed by atoms with E-state index in [1.807, 2.05) is 6.92 Å². The molecule has 0 aliphatic heterocycles. The molecule has 1 aromatic heterocycles. The first kappa shape index (κ1) is 15.0. The molecule has 2 aromatic rings. The van der Waals surface area contributed by atoms with E-state index in [1.165, 1.54) is 18.3 Å². The van der Waals surface area contributed by atoms with E-state index in [1.54, 1.807) is 24.3 Å². The summed E-state index contributed by atoms with van der Waals surface area (Å²) in [5.74, 6) is -0.131. The van der Waals surface area contributed by atoms with Gasteiger partial charge in [0.15, 0.2) is 10.9 Å². The molecule has 0 atom stereocenters. The maximum atomic E-state index is 12.2. The quantitative estimate of drug-likeness (QED) is 0.738. The lowest BCUT2D eigenvalue weighted by Crippen LogP contribution is -2.12. The normalized spacial score (nSPS) is 10.2. The van der Waals surface area contributed by atoms with Crippen LogP contribution in [0.2, 0.25) is 0 Å². The molecule has 7 heteroatoms. The molecule has 0 saturated heterocycles. The summed E-state index contributed by atoms with van der Waals surface area (Å²) in [6, 6.07) is 6.68. The van der Waals surface area contributed by atoms with Crippen molar-refractivity contribution in [1.82, 2.24) is 4.98 Å². The summed E-state index contributed by atoms with van der Waals surface area (Å²) in [7, 11) is 0. The van der Waals surface area contributed by atoms with Crippen molar-refractivity contribution in [3.05, 3.63) is 34.7 Å². The third-order valence-electron chi connectivity index (χ3n) is 2.74. The van der Waals surface area contributed by atoms with Crippen LogP contribution in [0.25, 0.3) is 0 Å². The van der Waals surface area contributed by atoms with Gasteiger partial charge in [-0.25, -0.2) is 4.98 Å². The minimum atomic E-state index is -0.315. The number of anilines is 3. The molecule has 110 valence electrons. The minimum Gasteiger partial charge on any atom is -0.382 e. The lowest BCUT2D eigenvalue weighted by atomic mass is 10.1. The first-order valence-electron chi connectivity index (χ1n) is 6.43. The van der Waals surface area contributed by atoms with Gasteiger partial charge in [-0.05, 0) is 38.1 Å². The van der Waals surface area contributed by atoms with Crippen LogP contribution < -0.4 is 16.4 Å². The van der Waals surface area contributed by atoms with E-state index in [4.69, 9.17) is 5.73 Å². The second-order valence-corrected chi connectivity index (χ2v) is 5.35.